The molecule has 0 saturated heterocycles. The van der Waals surface area contributed by atoms with Gasteiger partial charge in [-0.15, -0.1) is 5.10 Å². The summed E-state index contributed by atoms with van der Waals surface area (Å²) in [5.41, 5.74) is 5.16. The van der Waals surface area contributed by atoms with Crippen molar-refractivity contribution in [1.29, 1.82) is 0 Å². The summed E-state index contributed by atoms with van der Waals surface area (Å²) in [5.74, 6) is 0. The third-order valence-electron chi connectivity index (χ3n) is 4.10. The molecule has 4 aromatic rings. The number of nitrogens with zero attached hydrogens (tertiary/aromatic N) is 4. The molecule has 0 fully saturated rings. The standard InChI is InChI=1S/C19H17N5/c1-20-12-17-19(22-23-21-17)16-8-5-9-18-15(16)10-11-24(18)13-14-6-3-2-4-7-14/h2-12H,13H2,1H3,(H,21,22,23)/b20-12+. The summed E-state index contributed by atoms with van der Waals surface area (Å²) in [4.78, 5) is 4.06. The molecule has 0 unspecified atom stereocenters. The van der Waals surface area contributed by atoms with Crippen LogP contribution in [0.3, 0.4) is 0 Å². The van der Waals surface area contributed by atoms with E-state index >= 15 is 0 Å². The van der Waals surface area contributed by atoms with Gasteiger partial charge in [0, 0.05) is 42.5 Å². The minimum Gasteiger partial charge on any atom is -0.343 e. The van der Waals surface area contributed by atoms with Gasteiger partial charge >= 0.3 is 0 Å². The minimum absolute atomic E-state index is 0.820. The Morgan fingerprint density at radius 2 is 1.96 bits per heavy atom. The molecule has 4 rings (SSSR count). The fraction of sp³-hybridized carbons (Fsp3) is 0.105. The van der Waals surface area contributed by atoms with Gasteiger partial charge in [0.25, 0.3) is 0 Å². The molecular weight excluding hydrogens is 298 g/mol. The molecule has 0 radical (unpaired) electrons. The minimum atomic E-state index is 0.820. The Hall–Kier alpha value is -3.21. The Morgan fingerprint density at radius 1 is 1.08 bits per heavy atom. The number of fused-ring (bicyclic) bond motifs is 1. The molecule has 1 N–H and O–H groups in total. The second-order valence-corrected chi connectivity index (χ2v) is 5.63. The maximum Gasteiger partial charge on any atom is 0.122 e. The Balaban J connectivity index is 1.81. The quantitative estimate of drug-likeness (QED) is 0.586. The number of rotatable bonds is 4. The molecule has 0 saturated carbocycles. The van der Waals surface area contributed by atoms with Crippen LogP contribution in [0.15, 0.2) is 65.8 Å². The van der Waals surface area contributed by atoms with E-state index in [1.165, 1.54) is 11.1 Å². The lowest BCUT2D eigenvalue weighted by Gasteiger charge is -2.07. The highest BCUT2D eigenvalue weighted by molar-refractivity contribution is 5.98. The van der Waals surface area contributed by atoms with Crippen molar-refractivity contribution in [2.24, 2.45) is 4.99 Å². The zero-order valence-corrected chi connectivity index (χ0v) is 13.3. The molecule has 2 aromatic heterocycles. The Kier molecular flexibility index (Phi) is 3.67. The molecular formula is C19H17N5. The first-order chi connectivity index (χ1) is 11.9. The summed E-state index contributed by atoms with van der Waals surface area (Å²) in [6, 6.07) is 18.9. The molecule has 0 amide bonds. The van der Waals surface area contributed by atoms with Crippen molar-refractivity contribution < 1.29 is 0 Å². The van der Waals surface area contributed by atoms with Crippen LogP contribution in [-0.2, 0) is 6.54 Å². The van der Waals surface area contributed by atoms with Crippen LogP contribution in [0.2, 0.25) is 0 Å². The van der Waals surface area contributed by atoms with Crippen molar-refractivity contribution in [2.75, 3.05) is 7.05 Å². The van der Waals surface area contributed by atoms with E-state index < -0.39 is 0 Å². The van der Waals surface area contributed by atoms with E-state index in [0.717, 1.165) is 28.9 Å². The van der Waals surface area contributed by atoms with E-state index in [-0.39, 0.29) is 0 Å². The van der Waals surface area contributed by atoms with Crippen LogP contribution < -0.4 is 0 Å². The molecule has 5 heteroatoms. The number of aliphatic imine (C=N–C) groups is 1. The number of benzene rings is 2. The van der Waals surface area contributed by atoms with E-state index in [1.54, 1.807) is 13.3 Å². The van der Waals surface area contributed by atoms with Crippen molar-refractivity contribution in [2.45, 2.75) is 6.54 Å². The first-order valence-corrected chi connectivity index (χ1v) is 7.82. The molecule has 0 atom stereocenters. The van der Waals surface area contributed by atoms with Gasteiger partial charge in [-0.05, 0) is 17.7 Å². The first-order valence-electron chi connectivity index (χ1n) is 7.82. The van der Waals surface area contributed by atoms with Crippen molar-refractivity contribution in [3.63, 3.8) is 0 Å². The molecule has 0 bridgehead atoms. The number of aromatic nitrogens is 4. The molecule has 2 heterocycles. The second-order valence-electron chi connectivity index (χ2n) is 5.63. The van der Waals surface area contributed by atoms with Crippen molar-refractivity contribution in [3.05, 3.63) is 72.1 Å². The molecule has 2 aromatic carbocycles. The van der Waals surface area contributed by atoms with Crippen LogP contribution in [0.5, 0.6) is 0 Å². The summed E-state index contributed by atoms with van der Waals surface area (Å²) < 4.78 is 2.25. The van der Waals surface area contributed by atoms with E-state index in [0.29, 0.717) is 0 Å². The number of nitrogens with one attached hydrogen (secondary N) is 1. The molecule has 0 aliphatic heterocycles. The maximum absolute atomic E-state index is 4.24. The lowest BCUT2D eigenvalue weighted by molar-refractivity contribution is 0.837. The highest BCUT2D eigenvalue weighted by atomic mass is 15.3. The number of hydrogen-bond donors (Lipinski definition) is 1. The Morgan fingerprint density at radius 3 is 2.79 bits per heavy atom. The van der Waals surface area contributed by atoms with Crippen LogP contribution in [0.25, 0.3) is 22.2 Å². The van der Waals surface area contributed by atoms with E-state index in [4.69, 9.17) is 0 Å². The average Bonchev–Trinajstić information content (AvgIpc) is 3.24. The van der Waals surface area contributed by atoms with Crippen LogP contribution >= 0.6 is 0 Å². The lowest BCUT2D eigenvalue weighted by atomic mass is 10.1. The summed E-state index contributed by atoms with van der Waals surface area (Å²) >= 11 is 0. The van der Waals surface area contributed by atoms with Gasteiger partial charge in [0.1, 0.15) is 11.4 Å². The summed E-state index contributed by atoms with van der Waals surface area (Å²) in [7, 11) is 1.74. The smallest absolute Gasteiger partial charge is 0.122 e. The maximum atomic E-state index is 4.24. The van der Waals surface area contributed by atoms with Gasteiger partial charge in [0.05, 0.1) is 0 Å². The summed E-state index contributed by atoms with van der Waals surface area (Å²) in [6.45, 7) is 0.843. The molecule has 0 spiro atoms. The van der Waals surface area contributed by atoms with Crippen LogP contribution in [0, 0.1) is 0 Å². The zero-order chi connectivity index (χ0) is 16.4. The predicted molar refractivity (Wildman–Crippen MR) is 96.4 cm³/mol. The van der Waals surface area contributed by atoms with Gasteiger partial charge in [0.2, 0.25) is 0 Å². The third kappa shape index (κ3) is 2.50. The fourth-order valence-electron chi connectivity index (χ4n) is 3.00. The topological polar surface area (TPSA) is 58.9 Å². The monoisotopic (exact) mass is 315 g/mol. The Bertz CT molecular complexity index is 995. The highest BCUT2D eigenvalue weighted by Crippen LogP contribution is 2.29. The third-order valence-corrected chi connectivity index (χ3v) is 4.10. The van der Waals surface area contributed by atoms with E-state index in [1.807, 2.05) is 6.07 Å². The summed E-state index contributed by atoms with van der Waals surface area (Å²) in [6.07, 6.45) is 3.87. The number of hydrogen-bond acceptors (Lipinski definition) is 3. The van der Waals surface area contributed by atoms with Crippen LogP contribution in [-0.4, -0.2) is 33.2 Å². The van der Waals surface area contributed by atoms with Crippen LogP contribution in [0.4, 0.5) is 0 Å². The van der Waals surface area contributed by atoms with Crippen LogP contribution in [0.1, 0.15) is 11.3 Å². The molecule has 118 valence electrons. The molecule has 0 aliphatic rings. The molecule has 0 aliphatic carbocycles. The van der Waals surface area contributed by atoms with Gasteiger partial charge in [-0.3, -0.25) is 10.1 Å². The van der Waals surface area contributed by atoms with Gasteiger partial charge in [-0.1, -0.05) is 47.7 Å². The molecule has 24 heavy (non-hydrogen) atoms. The number of H-pyrrole nitrogens is 1. The highest BCUT2D eigenvalue weighted by Gasteiger charge is 2.13. The van der Waals surface area contributed by atoms with E-state index in [9.17, 15) is 0 Å². The molecule has 5 nitrogen and oxygen atoms in total. The SMILES string of the molecule is C/N=C/c1[nH]nnc1-c1cccc2c1ccn2Cc1ccccc1. The number of aromatic amines is 1. The normalized spacial score (nSPS) is 11.5. The first kappa shape index (κ1) is 14.4. The predicted octanol–water partition coefficient (Wildman–Crippen LogP) is 3.52. The van der Waals surface area contributed by atoms with E-state index in [2.05, 4.69) is 79.7 Å². The van der Waals surface area contributed by atoms with Gasteiger partial charge in [-0.25, -0.2) is 0 Å². The fourth-order valence-corrected chi connectivity index (χ4v) is 3.00. The van der Waals surface area contributed by atoms with Crippen molar-refractivity contribution >= 4 is 17.1 Å². The Labute approximate surface area is 139 Å². The van der Waals surface area contributed by atoms with Gasteiger partial charge in [-0.2, -0.15) is 0 Å². The summed E-state index contributed by atoms with van der Waals surface area (Å²) in [5, 5.41) is 12.2. The zero-order valence-electron chi connectivity index (χ0n) is 13.3. The van der Waals surface area contributed by atoms with Crippen molar-refractivity contribution in [3.8, 4) is 11.3 Å². The van der Waals surface area contributed by atoms with Gasteiger partial charge < -0.3 is 4.57 Å². The average molecular weight is 315 g/mol. The second kappa shape index (κ2) is 6.12. The largest absolute Gasteiger partial charge is 0.343 e. The van der Waals surface area contributed by atoms with Crippen molar-refractivity contribution in [1.82, 2.24) is 20.0 Å². The lowest BCUT2D eigenvalue weighted by Crippen LogP contribution is -1.97. The van der Waals surface area contributed by atoms with Gasteiger partial charge in [0.15, 0.2) is 0 Å².